The van der Waals surface area contributed by atoms with Crippen molar-refractivity contribution >= 4 is 42.1 Å². The van der Waals surface area contributed by atoms with E-state index in [1.54, 1.807) is 30.8 Å². The average Bonchev–Trinajstić information content (AvgIpc) is 3.23. The first kappa shape index (κ1) is 24.1. The molecule has 0 bridgehead atoms. The Kier molecular flexibility index (Phi) is 9.05. The van der Waals surface area contributed by atoms with E-state index >= 15 is 0 Å². The zero-order valence-corrected chi connectivity index (χ0v) is 18.9. The van der Waals surface area contributed by atoms with Crippen molar-refractivity contribution in [2.24, 2.45) is 0 Å². The average molecular weight is 467 g/mol. The summed E-state index contributed by atoms with van der Waals surface area (Å²) < 4.78 is 5.51. The van der Waals surface area contributed by atoms with E-state index in [1.807, 2.05) is 46.7 Å². The van der Waals surface area contributed by atoms with Crippen molar-refractivity contribution in [2.45, 2.75) is 12.5 Å². The summed E-state index contributed by atoms with van der Waals surface area (Å²) in [6, 6.07) is 11.7. The third-order valence-corrected chi connectivity index (χ3v) is 5.79. The number of aromatic nitrogens is 2. The minimum Gasteiger partial charge on any atom is -0.496 e. The molecule has 1 saturated heterocycles. The number of hydrogen-bond acceptors (Lipinski definition) is 6. The Balaban J connectivity index is 0.00000160. The van der Waals surface area contributed by atoms with Crippen LogP contribution in [-0.4, -0.2) is 47.5 Å². The second-order valence-electron chi connectivity index (χ2n) is 6.61. The van der Waals surface area contributed by atoms with Crippen molar-refractivity contribution in [2.75, 3.05) is 26.7 Å². The largest absolute Gasteiger partial charge is 0.496 e. The van der Waals surface area contributed by atoms with Gasteiger partial charge in [-0.1, -0.05) is 18.2 Å². The zero-order valence-electron chi connectivity index (χ0n) is 16.5. The minimum atomic E-state index is -0.0474. The molecule has 30 heavy (non-hydrogen) atoms. The number of benzene rings is 1. The molecule has 1 aromatic carbocycles. The lowest BCUT2D eigenvalue weighted by molar-refractivity contribution is -0.133. The number of hydrogen-bond donors (Lipinski definition) is 1. The number of carbonyl (C=O) groups excluding carboxylic acids is 1. The fraction of sp³-hybridized carbons (Fsp3) is 0.286. The van der Waals surface area contributed by atoms with Gasteiger partial charge in [0.2, 0.25) is 5.91 Å². The van der Waals surface area contributed by atoms with Crippen LogP contribution < -0.4 is 10.1 Å². The number of pyridine rings is 1. The Morgan fingerprint density at radius 2 is 2.10 bits per heavy atom. The highest BCUT2D eigenvalue weighted by molar-refractivity contribution is 7.13. The van der Waals surface area contributed by atoms with Crippen LogP contribution in [0.1, 0.15) is 17.3 Å². The Morgan fingerprint density at radius 1 is 1.27 bits per heavy atom. The quantitative estimate of drug-likeness (QED) is 0.619. The van der Waals surface area contributed by atoms with E-state index in [0.717, 1.165) is 34.1 Å². The van der Waals surface area contributed by atoms with Gasteiger partial charge >= 0.3 is 0 Å². The van der Waals surface area contributed by atoms with Crippen molar-refractivity contribution in [3.8, 4) is 16.3 Å². The highest BCUT2D eigenvalue weighted by Gasteiger charge is 2.30. The molecule has 1 N–H and O–H groups in total. The van der Waals surface area contributed by atoms with Crippen molar-refractivity contribution in [3.05, 3.63) is 65.4 Å². The van der Waals surface area contributed by atoms with Gasteiger partial charge in [0.1, 0.15) is 10.8 Å². The van der Waals surface area contributed by atoms with E-state index in [4.69, 9.17) is 4.74 Å². The number of nitrogens with one attached hydrogen (secondary N) is 1. The third kappa shape index (κ3) is 5.29. The predicted molar refractivity (Wildman–Crippen MR) is 124 cm³/mol. The van der Waals surface area contributed by atoms with Gasteiger partial charge in [-0.05, 0) is 18.2 Å². The molecule has 4 rings (SSSR count). The first-order valence-electron chi connectivity index (χ1n) is 9.24. The van der Waals surface area contributed by atoms with Crippen molar-refractivity contribution in [1.29, 1.82) is 0 Å². The van der Waals surface area contributed by atoms with Crippen LogP contribution in [0.15, 0.2) is 54.2 Å². The summed E-state index contributed by atoms with van der Waals surface area (Å²) in [6.07, 6.45) is 3.82. The Bertz CT molecular complexity index is 955. The van der Waals surface area contributed by atoms with Gasteiger partial charge < -0.3 is 15.0 Å². The van der Waals surface area contributed by atoms with Crippen LogP contribution in [-0.2, 0) is 11.2 Å². The summed E-state index contributed by atoms with van der Waals surface area (Å²) in [4.78, 5) is 23.8. The van der Waals surface area contributed by atoms with Crippen molar-refractivity contribution < 1.29 is 9.53 Å². The van der Waals surface area contributed by atoms with E-state index in [2.05, 4.69) is 15.3 Å². The fourth-order valence-corrected chi connectivity index (χ4v) is 4.30. The Labute approximate surface area is 192 Å². The number of amides is 1. The van der Waals surface area contributed by atoms with Gasteiger partial charge in [0.05, 0.1) is 25.3 Å². The molecule has 9 heteroatoms. The smallest absolute Gasteiger partial charge is 0.229 e. The van der Waals surface area contributed by atoms with E-state index in [9.17, 15) is 4.79 Å². The first-order chi connectivity index (χ1) is 13.8. The molecule has 3 heterocycles. The third-order valence-electron chi connectivity index (χ3n) is 4.85. The lowest BCUT2D eigenvalue weighted by Crippen LogP contribution is -2.49. The van der Waals surface area contributed by atoms with Gasteiger partial charge in [0.25, 0.3) is 0 Å². The van der Waals surface area contributed by atoms with Crippen LogP contribution in [0.4, 0.5) is 0 Å². The summed E-state index contributed by atoms with van der Waals surface area (Å²) in [5.41, 5.74) is 2.80. The molecule has 160 valence electrons. The number of methoxy groups -OCH3 is 1. The monoisotopic (exact) mass is 466 g/mol. The van der Waals surface area contributed by atoms with E-state index in [-0.39, 0.29) is 36.8 Å². The van der Waals surface area contributed by atoms with Gasteiger partial charge in [-0.25, -0.2) is 4.98 Å². The van der Waals surface area contributed by atoms with Crippen molar-refractivity contribution in [3.63, 3.8) is 0 Å². The molecular weight excluding hydrogens is 443 g/mol. The SMILES string of the molecule is COc1ccccc1C1CNCCN1C(=O)Cc1csc(-c2cccnc2)n1.Cl.Cl. The number of halogens is 2. The number of thiazole rings is 1. The van der Waals surface area contributed by atoms with Gasteiger partial charge in [0.15, 0.2) is 0 Å². The van der Waals surface area contributed by atoms with E-state index < -0.39 is 0 Å². The second kappa shape index (κ2) is 11.3. The molecule has 2 aromatic heterocycles. The number of nitrogens with zero attached hydrogens (tertiary/aromatic N) is 3. The van der Waals surface area contributed by atoms with Gasteiger partial charge in [0, 0.05) is 48.5 Å². The number of carbonyl (C=O) groups is 1. The first-order valence-corrected chi connectivity index (χ1v) is 10.1. The standard InChI is InChI=1S/C21H22N4O2S.2ClH/c1-27-19-7-3-2-6-17(19)18-13-23-9-10-25(18)20(26)11-16-14-28-21(24-16)15-5-4-8-22-12-15;;/h2-8,12,14,18,23H,9-11,13H2,1H3;2*1H. The van der Waals surface area contributed by atoms with Gasteiger partial charge in [-0.2, -0.15) is 0 Å². The highest BCUT2D eigenvalue weighted by atomic mass is 35.5. The Hall–Kier alpha value is -2.19. The second-order valence-corrected chi connectivity index (χ2v) is 7.47. The van der Waals surface area contributed by atoms with Crippen LogP contribution >= 0.6 is 36.2 Å². The van der Waals surface area contributed by atoms with Crippen LogP contribution in [0.2, 0.25) is 0 Å². The molecule has 0 saturated carbocycles. The maximum Gasteiger partial charge on any atom is 0.229 e. The molecule has 0 radical (unpaired) electrons. The topological polar surface area (TPSA) is 67.3 Å². The fourth-order valence-electron chi connectivity index (χ4n) is 3.49. The van der Waals surface area contributed by atoms with E-state index in [0.29, 0.717) is 19.5 Å². The number of rotatable bonds is 5. The molecule has 1 amide bonds. The summed E-state index contributed by atoms with van der Waals surface area (Å²) in [6.45, 7) is 2.17. The predicted octanol–water partition coefficient (Wildman–Crippen LogP) is 3.77. The molecule has 1 fully saturated rings. The van der Waals surface area contributed by atoms with Crippen LogP contribution in [0, 0.1) is 0 Å². The lowest BCUT2D eigenvalue weighted by Gasteiger charge is -2.37. The normalized spacial score (nSPS) is 15.6. The lowest BCUT2D eigenvalue weighted by atomic mass is 10.0. The molecule has 1 unspecified atom stereocenters. The van der Waals surface area contributed by atoms with E-state index in [1.165, 1.54) is 0 Å². The summed E-state index contributed by atoms with van der Waals surface area (Å²) in [5, 5.41) is 6.23. The summed E-state index contributed by atoms with van der Waals surface area (Å²) >= 11 is 1.54. The minimum absolute atomic E-state index is 0. The maximum atomic E-state index is 13.1. The number of ether oxygens (including phenoxy) is 1. The van der Waals surface area contributed by atoms with Gasteiger partial charge in [-0.3, -0.25) is 9.78 Å². The molecule has 0 spiro atoms. The number of para-hydroxylation sites is 1. The number of piperazine rings is 1. The molecule has 1 aliphatic rings. The molecular formula is C21H24Cl2N4O2S. The molecule has 1 aliphatic heterocycles. The highest BCUT2D eigenvalue weighted by Crippen LogP contribution is 2.31. The van der Waals surface area contributed by atoms with Crippen molar-refractivity contribution in [1.82, 2.24) is 20.2 Å². The Morgan fingerprint density at radius 3 is 2.87 bits per heavy atom. The zero-order chi connectivity index (χ0) is 19.3. The molecule has 0 aliphatic carbocycles. The van der Waals surface area contributed by atoms with Gasteiger partial charge in [-0.15, -0.1) is 36.2 Å². The summed E-state index contributed by atoms with van der Waals surface area (Å²) in [7, 11) is 1.66. The molecule has 6 nitrogen and oxygen atoms in total. The summed E-state index contributed by atoms with van der Waals surface area (Å²) in [5.74, 6) is 0.891. The van der Waals surface area contributed by atoms with Crippen LogP contribution in [0.3, 0.4) is 0 Å². The maximum absolute atomic E-state index is 13.1. The van der Waals surface area contributed by atoms with Crippen LogP contribution in [0.5, 0.6) is 5.75 Å². The molecule has 3 aromatic rings. The van der Waals surface area contributed by atoms with Crippen LogP contribution in [0.25, 0.3) is 10.6 Å². The molecule has 1 atom stereocenters.